The van der Waals surface area contributed by atoms with Gasteiger partial charge in [-0.1, -0.05) is 12.1 Å². The number of thioether (sulfide) groups is 1. The van der Waals surface area contributed by atoms with E-state index in [0.717, 1.165) is 0 Å². The molecule has 0 aromatic heterocycles. The molecular weight excluding hydrogens is 620 g/mol. The molecule has 3 aromatic rings. The van der Waals surface area contributed by atoms with Crippen LogP contribution in [0, 0.1) is 20.2 Å². The summed E-state index contributed by atoms with van der Waals surface area (Å²) in [7, 11) is 0. The van der Waals surface area contributed by atoms with Gasteiger partial charge in [0.1, 0.15) is 30.7 Å². The number of non-ortho nitro benzene ring substituents is 2. The van der Waals surface area contributed by atoms with Crippen molar-refractivity contribution < 1.29 is 38.5 Å². The molecule has 2 fully saturated rings. The maximum absolute atomic E-state index is 13.1. The first-order chi connectivity index (χ1) is 21.8. The number of hydrogen-bond acceptors (Lipinski definition) is 11. The van der Waals surface area contributed by atoms with Crippen LogP contribution in [0.3, 0.4) is 0 Å². The highest BCUT2D eigenvalue weighted by Crippen LogP contribution is 2.51. The Morgan fingerprint density at radius 2 is 1.43 bits per heavy atom. The van der Waals surface area contributed by atoms with Crippen LogP contribution in [-0.4, -0.2) is 60.7 Å². The lowest BCUT2D eigenvalue weighted by Gasteiger charge is -2.44. The fraction of sp³-hybridized carbons (Fsp3) is 0.290. The van der Waals surface area contributed by atoms with Crippen LogP contribution in [0.15, 0.2) is 72.8 Å². The number of hydrogen-bond donors (Lipinski definition) is 1. The van der Waals surface area contributed by atoms with Gasteiger partial charge in [-0.15, -0.1) is 11.8 Å². The zero-order valence-corrected chi connectivity index (χ0v) is 25.4. The Hall–Kier alpha value is -5.31. The predicted octanol–water partition coefficient (Wildman–Crippen LogP) is 3.69. The third kappa shape index (κ3) is 6.83. The SMILES string of the molecule is CC1(C)SC2C(NC(=O)Cc3cccc(C(=O)OCc4ccc([N+](=O)[O-])cc4)c3)C(=O)N2C1C(=O)OCc1ccc([N+](=O)[O-])cc1. The van der Waals surface area contributed by atoms with Gasteiger partial charge < -0.3 is 19.7 Å². The largest absolute Gasteiger partial charge is 0.459 e. The molecule has 3 unspecified atom stereocenters. The summed E-state index contributed by atoms with van der Waals surface area (Å²) in [6, 6.07) is 15.8. The van der Waals surface area contributed by atoms with Crippen molar-refractivity contribution >= 4 is 46.9 Å². The number of β-lactam (4-membered cyclic amide) rings is 1. The minimum Gasteiger partial charge on any atom is -0.459 e. The molecule has 1 N–H and O–H groups in total. The Morgan fingerprint density at radius 3 is 2.00 bits per heavy atom. The van der Waals surface area contributed by atoms with Gasteiger partial charge in [-0.2, -0.15) is 0 Å². The minimum absolute atomic E-state index is 0.0771. The van der Waals surface area contributed by atoms with Gasteiger partial charge in [0.05, 0.1) is 21.8 Å². The Morgan fingerprint density at radius 1 is 0.870 bits per heavy atom. The molecule has 2 heterocycles. The predicted molar refractivity (Wildman–Crippen MR) is 163 cm³/mol. The molecule has 0 spiro atoms. The number of benzene rings is 3. The molecule has 3 aromatic carbocycles. The van der Waals surface area contributed by atoms with Gasteiger partial charge in [-0.3, -0.25) is 29.8 Å². The first-order valence-corrected chi connectivity index (χ1v) is 14.9. The topological polar surface area (TPSA) is 188 Å². The van der Waals surface area contributed by atoms with Gasteiger partial charge in [0.15, 0.2) is 0 Å². The van der Waals surface area contributed by atoms with E-state index in [1.165, 1.54) is 77.3 Å². The maximum atomic E-state index is 13.1. The minimum atomic E-state index is -0.894. The number of carbonyl (C=O) groups is 4. The van der Waals surface area contributed by atoms with Crippen LogP contribution >= 0.6 is 11.8 Å². The molecule has 0 bridgehead atoms. The highest BCUT2D eigenvalue weighted by Gasteiger charge is 2.64. The summed E-state index contributed by atoms with van der Waals surface area (Å²) in [5, 5.41) is 23.9. The zero-order valence-electron chi connectivity index (χ0n) is 24.6. The van der Waals surface area contributed by atoms with Crippen LogP contribution in [0.2, 0.25) is 0 Å². The van der Waals surface area contributed by atoms with Crippen molar-refractivity contribution in [2.75, 3.05) is 0 Å². The van der Waals surface area contributed by atoms with Crippen LogP contribution in [0.1, 0.15) is 40.9 Å². The van der Waals surface area contributed by atoms with E-state index < -0.39 is 55.8 Å². The first-order valence-electron chi connectivity index (χ1n) is 14.0. The van der Waals surface area contributed by atoms with Gasteiger partial charge in [-0.05, 0) is 66.9 Å². The van der Waals surface area contributed by atoms with Crippen molar-refractivity contribution in [1.82, 2.24) is 10.2 Å². The number of nitro benzene ring substituents is 2. The summed E-state index contributed by atoms with van der Waals surface area (Å²) in [5.74, 6) is -2.12. The summed E-state index contributed by atoms with van der Waals surface area (Å²) in [6.45, 7) is 3.41. The normalized spacial score (nSPS) is 19.4. The van der Waals surface area contributed by atoms with Gasteiger partial charge in [0.25, 0.3) is 11.4 Å². The second-order valence-electron chi connectivity index (χ2n) is 11.2. The zero-order chi connectivity index (χ0) is 33.2. The van der Waals surface area contributed by atoms with E-state index in [1.54, 1.807) is 12.1 Å². The number of fused-ring (bicyclic) bond motifs is 1. The van der Waals surface area contributed by atoms with Crippen molar-refractivity contribution in [1.29, 1.82) is 0 Å². The Balaban J connectivity index is 1.14. The molecular formula is C31H28N4O10S. The molecule has 14 nitrogen and oxygen atoms in total. The molecule has 2 aliphatic heterocycles. The molecule has 3 atom stereocenters. The second-order valence-corrected chi connectivity index (χ2v) is 13.0. The lowest BCUT2D eigenvalue weighted by Crippen LogP contribution is -2.70. The maximum Gasteiger partial charge on any atom is 0.338 e. The van der Waals surface area contributed by atoms with Gasteiger partial charge in [-0.25, -0.2) is 9.59 Å². The average Bonchev–Trinajstić information content (AvgIpc) is 3.29. The Bertz CT molecular complexity index is 1710. The monoisotopic (exact) mass is 648 g/mol. The molecule has 15 heteroatoms. The summed E-state index contributed by atoms with van der Waals surface area (Å²) in [5.41, 5.74) is 1.69. The Kier molecular flexibility index (Phi) is 9.05. The number of amides is 2. The summed E-state index contributed by atoms with van der Waals surface area (Å²) < 4.78 is 10.1. The van der Waals surface area contributed by atoms with E-state index in [9.17, 15) is 39.4 Å². The summed E-state index contributed by atoms with van der Waals surface area (Å²) in [4.78, 5) is 73.8. The summed E-state index contributed by atoms with van der Waals surface area (Å²) >= 11 is 1.37. The van der Waals surface area contributed by atoms with Crippen LogP contribution in [0.4, 0.5) is 11.4 Å². The Labute approximate surface area is 266 Å². The molecule has 46 heavy (non-hydrogen) atoms. The van der Waals surface area contributed by atoms with Crippen molar-refractivity contribution in [2.45, 2.75) is 55.7 Å². The number of esters is 2. The molecule has 2 saturated heterocycles. The van der Waals surface area contributed by atoms with Crippen molar-refractivity contribution in [3.63, 3.8) is 0 Å². The molecule has 2 amide bonds. The van der Waals surface area contributed by atoms with Gasteiger partial charge in [0, 0.05) is 29.0 Å². The number of nitrogens with zero attached hydrogens (tertiary/aromatic N) is 3. The van der Waals surface area contributed by atoms with Crippen LogP contribution in [-0.2, 0) is 43.5 Å². The molecule has 0 saturated carbocycles. The van der Waals surface area contributed by atoms with Crippen molar-refractivity contribution in [3.8, 4) is 0 Å². The molecule has 0 radical (unpaired) electrons. The smallest absolute Gasteiger partial charge is 0.338 e. The molecule has 238 valence electrons. The van der Waals surface area contributed by atoms with Crippen LogP contribution in [0.25, 0.3) is 0 Å². The van der Waals surface area contributed by atoms with Gasteiger partial charge in [0.2, 0.25) is 11.8 Å². The van der Waals surface area contributed by atoms with Crippen LogP contribution in [0.5, 0.6) is 0 Å². The van der Waals surface area contributed by atoms with E-state index in [-0.39, 0.29) is 36.6 Å². The standard InChI is InChI=1S/C31H28N4O10S/c1-31(2)26(30(39)45-17-19-8-12-23(13-9-19)35(42)43)33-27(37)25(28(33)46-31)32-24(36)15-20-4-3-5-21(14-20)29(38)44-16-18-6-10-22(11-7-18)34(40)41/h3-14,25-26,28H,15-17H2,1-2H3,(H,32,36). The average molecular weight is 649 g/mol. The van der Waals surface area contributed by atoms with Crippen molar-refractivity contribution in [3.05, 3.63) is 115 Å². The second kappa shape index (κ2) is 13.0. The van der Waals surface area contributed by atoms with Crippen LogP contribution < -0.4 is 5.32 Å². The highest BCUT2D eigenvalue weighted by atomic mass is 32.2. The van der Waals surface area contributed by atoms with Gasteiger partial charge >= 0.3 is 11.9 Å². The fourth-order valence-electron chi connectivity index (χ4n) is 5.24. The number of ether oxygens (including phenoxy) is 2. The van der Waals surface area contributed by atoms with E-state index in [4.69, 9.17) is 9.47 Å². The highest BCUT2D eigenvalue weighted by molar-refractivity contribution is 8.01. The van der Waals surface area contributed by atoms with Crippen molar-refractivity contribution in [2.24, 2.45) is 0 Å². The van der Waals surface area contributed by atoms with E-state index >= 15 is 0 Å². The summed E-state index contributed by atoms with van der Waals surface area (Å²) in [6.07, 6.45) is -0.116. The number of rotatable bonds is 11. The third-order valence-corrected chi connectivity index (χ3v) is 9.13. The first kappa shape index (κ1) is 32.1. The fourth-order valence-corrected chi connectivity index (χ4v) is 6.86. The molecule has 0 aliphatic carbocycles. The number of nitro groups is 2. The lowest BCUT2D eigenvalue weighted by molar-refractivity contribution is -0.385. The quantitative estimate of drug-likeness (QED) is 0.138. The third-order valence-electron chi connectivity index (χ3n) is 7.55. The number of carbonyl (C=O) groups excluding carboxylic acids is 4. The molecule has 5 rings (SSSR count). The lowest BCUT2D eigenvalue weighted by atomic mass is 9.95. The number of nitrogens with one attached hydrogen (secondary N) is 1. The van der Waals surface area contributed by atoms with E-state index in [2.05, 4.69) is 5.32 Å². The van der Waals surface area contributed by atoms with E-state index in [1.807, 2.05) is 13.8 Å². The molecule has 2 aliphatic rings. The van der Waals surface area contributed by atoms with E-state index in [0.29, 0.717) is 16.7 Å².